The molecule has 0 aromatic heterocycles. The van der Waals surface area contributed by atoms with Gasteiger partial charge in [0.1, 0.15) is 0 Å². The molecule has 1 fully saturated rings. The van der Waals surface area contributed by atoms with Crippen LogP contribution >= 0.6 is 0 Å². The van der Waals surface area contributed by atoms with E-state index in [-0.39, 0.29) is 0 Å². The number of hydrogen-bond donors (Lipinski definition) is 2. The van der Waals surface area contributed by atoms with Crippen molar-refractivity contribution in [3.63, 3.8) is 0 Å². The molecule has 1 aliphatic carbocycles. The summed E-state index contributed by atoms with van der Waals surface area (Å²) < 4.78 is 35.8. The molecule has 3 nitrogen and oxygen atoms in total. The number of nitrogens with two attached hydrogens (primary N) is 1. The summed E-state index contributed by atoms with van der Waals surface area (Å²) in [5.74, 6) is -0.326. The van der Waals surface area contributed by atoms with E-state index in [9.17, 15) is 18.0 Å². The second kappa shape index (κ2) is 3.76. The van der Waals surface area contributed by atoms with Crippen LogP contribution in [-0.4, -0.2) is 24.7 Å². The van der Waals surface area contributed by atoms with Gasteiger partial charge in [-0.2, -0.15) is 13.2 Å². The Balaban J connectivity index is 2.27. The number of hydrogen-bond acceptors (Lipinski definition) is 2. The molecule has 1 rings (SSSR count). The van der Waals surface area contributed by atoms with Crippen molar-refractivity contribution in [2.24, 2.45) is 17.6 Å². The number of carbonyl (C=O) groups excluding carboxylic acids is 1. The van der Waals surface area contributed by atoms with Crippen LogP contribution in [0.1, 0.15) is 13.3 Å². The van der Waals surface area contributed by atoms with Crippen molar-refractivity contribution in [2.45, 2.75) is 25.6 Å². The van der Waals surface area contributed by atoms with Crippen LogP contribution < -0.4 is 11.1 Å². The standard InChI is InChI=1S/C8H13F3N2O/c1-4-2-5(4)3-13-7(14)6(12)8(9,10)11/h4-6H,2-3,12H2,1H3,(H,13,14). The lowest BCUT2D eigenvalue weighted by Gasteiger charge is -2.14. The summed E-state index contributed by atoms with van der Waals surface area (Å²) in [5.41, 5.74) is 4.70. The predicted molar refractivity (Wildman–Crippen MR) is 44.3 cm³/mol. The van der Waals surface area contributed by atoms with Gasteiger partial charge in [0.2, 0.25) is 5.91 Å². The van der Waals surface area contributed by atoms with Crippen molar-refractivity contribution >= 4 is 5.91 Å². The van der Waals surface area contributed by atoms with Gasteiger partial charge in [-0.3, -0.25) is 4.79 Å². The molecule has 0 aliphatic heterocycles. The maximum atomic E-state index is 11.9. The minimum absolute atomic E-state index is 0.295. The fraction of sp³-hybridized carbons (Fsp3) is 0.875. The first kappa shape index (κ1) is 11.3. The highest BCUT2D eigenvalue weighted by Crippen LogP contribution is 2.36. The van der Waals surface area contributed by atoms with E-state index in [1.165, 1.54) is 0 Å². The minimum Gasteiger partial charge on any atom is -0.354 e. The van der Waals surface area contributed by atoms with Crippen molar-refractivity contribution < 1.29 is 18.0 Å². The van der Waals surface area contributed by atoms with E-state index in [4.69, 9.17) is 5.73 Å². The van der Waals surface area contributed by atoms with Crippen molar-refractivity contribution in [3.8, 4) is 0 Å². The van der Waals surface area contributed by atoms with Gasteiger partial charge in [-0.1, -0.05) is 6.92 Å². The molecule has 0 aromatic carbocycles. The highest BCUT2D eigenvalue weighted by atomic mass is 19.4. The largest absolute Gasteiger partial charge is 0.412 e. The van der Waals surface area contributed by atoms with Gasteiger partial charge in [0.05, 0.1) is 0 Å². The lowest BCUT2D eigenvalue weighted by Crippen LogP contribution is -2.50. The zero-order chi connectivity index (χ0) is 10.9. The highest BCUT2D eigenvalue weighted by Gasteiger charge is 2.42. The van der Waals surface area contributed by atoms with Gasteiger partial charge >= 0.3 is 6.18 Å². The minimum atomic E-state index is -4.65. The fourth-order valence-electron chi connectivity index (χ4n) is 1.17. The first-order valence-corrected chi connectivity index (χ1v) is 4.42. The molecule has 3 unspecified atom stereocenters. The molecule has 0 radical (unpaired) electrons. The van der Waals surface area contributed by atoms with E-state index in [1.54, 1.807) is 0 Å². The Bertz CT molecular complexity index is 229. The van der Waals surface area contributed by atoms with Gasteiger partial charge in [0, 0.05) is 6.54 Å². The van der Waals surface area contributed by atoms with E-state index in [1.807, 2.05) is 6.92 Å². The van der Waals surface area contributed by atoms with Crippen molar-refractivity contribution in [3.05, 3.63) is 0 Å². The summed E-state index contributed by atoms with van der Waals surface area (Å²) in [6.45, 7) is 2.28. The first-order chi connectivity index (χ1) is 6.32. The van der Waals surface area contributed by atoms with Gasteiger partial charge in [-0.15, -0.1) is 0 Å². The number of carbonyl (C=O) groups is 1. The molecule has 0 aromatic rings. The number of alkyl halides is 3. The van der Waals surface area contributed by atoms with Crippen LogP contribution in [0.3, 0.4) is 0 Å². The van der Waals surface area contributed by atoms with Crippen LogP contribution in [-0.2, 0) is 4.79 Å². The molecule has 0 bridgehead atoms. The molecular weight excluding hydrogens is 197 g/mol. The van der Waals surface area contributed by atoms with Gasteiger partial charge in [-0.05, 0) is 18.3 Å². The second-order valence-corrected chi connectivity index (χ2v) is 3.74. The molecular formula is C8H13F3N2O. The Hall–Kier alpha value is -0.780. The number of nitrogens with one attached hydrogen (secondary N) is 1. The highest BCUT2D eigenvalue weighted by molar-refractivity contribution is 5.82. The lowest BCUT2D eigenvalue weighted by atomic mass is 10.2. The third-order valence-corrected chi connectivity index (χ3v) is 2.45. The molecule has 1 aliphatic rings. The molecule has 82 valence electrons. The third-order valence-electron chi connectivity index (χ3n) is 2.45. The van der Waals surface area contributed by atoms with Crippen LogP contribution in [0.5, 0.6) is 0 Å². The maximum Gasteiger partial charge on any atom is 0.412 e. The second-order valence-electron chi connectivity index (χ2n) is 3.74. The first-order valence-electron chi connectivity index (χ1n) is 4.42. The SMILES string of the molecule is CC1CC1CNC(=O)C(N)C(F)(F)F. The molecule has 14 heavy (non-hydrogen) atoms. The predicted octanol–water partition coefficient (Wildman–Crippen LogP) is 0.648. The van der Waals surface area contributed by atoms with Crippen LogP contribution in [0.15, 0.2) is 0 Å². The van der Waals surface area contributed by atoms with Crippen LogP contribution in [0.25, 0.3) is 0 Å². The monoisotopic (exact) mass is 210 g/mol. The molecule has 0 spiro atoms. The average Bonchev–Trinajstić information content (AvgIpc) is 2.75. The molecule has 3 atom stereocenters. The van der Waals surface area contributed by atoms with Crippen molar-refractivity contribution in [1.82, 2.24) is 5.32 Å². The van der Waals surface area contributed by atoms with E-state index in [2.05, 4.69) is 5.32 Å². The third kappa shape index (κ3) is 2.87. The summed E-state index contributed by atoms with van der Waals surface area (Å²) >= 11 is 0. The van der Waals surface area contributed by atoms with Crippen LogP contribution in [0.4, 0.5) is 13.2 Å². The van der Waals surface area contributed by atoms with Crippen molar-refractivity contribution in [2.75, 3.05) is 6.54 Å². The molecule has 1 amide bonds. The van der Waals surface area contributed by atoms with E-state index >= 15 is 0 Å². The normalized spacial score (nSPS) is 28.4. The smallest absolute Gasteiger partial charge is 0.354 e. The van der Waals surface area contributed by atoms with Gasteiger partial charge in [0.25, 0.3) is 0 Å². The van der Waals surface area contributed by atoms with Gasteiger partial charge in [0.15, 0.2) is 6.04 Å². The number of amides is 1. The van der Waals surface area contributed by atoms with Crippen LogP contribution in [0.2, 0.25) is 0 Å². The molecule has 3 N–H and O–H groups in total. The Morgan fingerprint density at radius 1 is 1.64 bits per heavy atom. The Kier molecular flexibility index (Phi) is 3.04. The number of halogens is 3. The zero-order valence-corrected chi connectivity index (χ0v) is 7.77. The molecule has 0 saturated heterocycles. The molecule has 0 heterocycles. The summed E-state index contributed by atoms with van der Waals surface area (Å²) in [5, 5.41) is 2.20. The molecule has 1 saturated carbocycles. The Morgan fingerprint density at radius 3 is 2.50 bits per heavy atom. The van der Waals surface area contributed by atoms with E-state index in [0.29, 0.717) is 18.4 Å². The Morgan fingerprint density at radius 2 is 2.14 bits per heavy atom. The lowest BCUT2D eigenvalue weighted by molar-refractivity contribution is -0.162. The topological polar surface area (TPSA) is 55.1 Å². The number of rotatable bonds is 3. The van der Waals surface area contributed by atoms with E-state index < -0.39 is 18.1 Å². The summed E-state index contributed by atoms with van der Waals surface area (Å²) in [6.07, 6.45) is -3.69. The van der Waals surface area contributed by atoms with Gasteiger partial charge in [-0.25, -0.2) is 0 Å². The fourth-order valence-corrected chi connectivity index (χ4v) is 1.17. The van der Waals surface area contributed by atoms with E-state index in [0.717, 1.165) is 6.42 Å². The summed E-state index contributed by atoms with van der Waals surface area (Å²) in [6, 6.07) is -2.41. The average molecular weight is 210 g/mol. The van der Waals surface area contributed by atoms with Gasteiger partial charge < -0.3 is 11.1 Å². The molecule has 6 heteroatoms. The van der Waals surface area contributed by atoms with Crippen LogP contribution in [0, 0.1) is 11.8 Å². The Labute approximate surface area is 79.8 Å². The summed E-state index contributed by atoms with van der Waals surface area (Å²) in [4.78, 5) is 10.9. The quantitative estimate of drug-likeness (QED) is 0.718. The maximum absolute atomic E-state index is 11.9. The summed E-state index contributed by atoms with van der Waals surface area (Å²) in [7, 11) is 0. The van der Waals surface area contributed by atoms with Crippen molar-refractivity contribution in [1.29, 1.82) is 0 Å². The zero-order valence-electron chi connectivity index (χ0n) is 7.77.